The van der Waals surface area contributed by atoms with Gasteiger partial charge in [-0.3, -0.25) is 14.4 Å². The van der Waals surface area contributed by atoms with Gasteiger partial charge < -0.3 is 15.1 Å². The van der Waals surface area contributed by atoms with E-state index in [-0.39, 0.29) is 23.6 Å². The van der Waals surface area contributed by atoms with Gasteiger partial charge in [-0.05, 0) is 32.1 Å². The van der Waals surface area contributed by atoms with Gasteiger partial charge in [0.25, 0.3) is 0 Å². The standard InChI is InChI=1S/C20H33N3O3/c24-18-9-5-12-22(18)13-6-14-23-15-16(10-11-19(23)25)20(26)21-17-7-3-1-2-4-8-17/h16-17H,1-15H2,(H,21,26). The van der Waals surface area contributed by atoms with Crippen molar-refractivity contribution in [2.45, 2.75) is 76.7 Å². The number of amides is 3. The molecule has 146 valence electrons. The minimum absolute atomic E-state index is 0.0793. The summed E-state index contributed by atoms with van der Waals surface area (Å²) in [6.07, 6.45) is 10.7. The van der Waals surface area contributed by atoms with Crippen molar-refractivity contribution < 1.29 is 14.4 Å². The number of rotatable bonds is 6. The molecule has 6 heteroatoms. The van der Waals surface area contributed by atoms with Crippen molar-refractivity contribution in [1.82, 2.24) is 15.1 Å². The molecule has 3 aliphatic rings. The van der Waals surface area contributed by atoms with Crippen LogP contribution in [0, 0.1) is 5.92 Å². The van der Waals surface area contributed by atoms with Crippen molar-refractivity contribution in [1.29, 1.82) is 0 Å². The molecule has 26 heavy (non-hydrogen) atoms. The maximum Gasteiger partial charge on any atom is 0.225 e. The summed E-state index contributed by atoms with van der Waals surface area (Å²) in [6, 6.07) is 0.317. The van der Waals surface area contributed by atoms with E-state index in [4.69, 9.17) is 0 Å². The molecule has 2 saturated heterocycles. The molecule has 0 spiro atoms. The Hall–Kier alpha value is -1.59. The highest BCUT2D eigenvalue weighted by Gasteiger charge is 2.31. The molecule has 6 nitrogen and oxygen atoms in total. The highest BCUT2D eigenvalue weighted by molar-refractivity contribution is 5.84. The molecule has 1 N–H and O–H groups in total. The van der Waals surface area contributed by atoms with E-state index in [0.717, 1.165) is 38.8 Å². The van der Waals surface area contributed by atoms with Crippen molar-refractivity contribution in [3.05, 3.63) is 0 Å². The Morgan fingerprint density at radius 1 is 0.885 bits per heavy atom. The summed E-state index contributed by atoms with van der Waals surface area (Å²) in [5.74, 6) is 0.431. The third-order valence-corrected chi connectivity index (χ3v) is 6.10. The van der Waals surface area contributed by atoms with Crippen molar-refractivity contribution in [2.75, 3.05) is 26.2 Å². The predicted octanol–water partition coefficient (Wildman–Crippen LogP) is 2.08. The van der Waals surface area contributed by atoms with Gasteiger partial charge in [0.2, 0.25) is 17.7 Å². The van der Waals surface area contributed by atoms with Gasteiger partial charge >= 0.3 is 0 Å². The van der Waals surface area contributed by atoms with Gasteiger partial charge in [-0.25, -0.2) is 0 Å². The molecule has 1 unspecified atom stereocenters. The topological polar surface area (TPSA) is 69.7 Å². The third-order valence-electron chi connectivity index (χ3n) is 6.10. The van der Waals surface area contributed by atoms with Crippen LogP contribution in [0.15, 0.2) is 0 Å². The Labute approximate surface area is 156 Å². The zero-order valence-electron chi connectivity index (χ0n) is 15.9. The van der Waals surface area contributed by atoms with Crippen LogP contribution in [0.25, 0.3) is 0 Å². The molecule has 2 heterocycles. The van der Waals surface area contributed by atoms with E-state index in [1.54, 1.807) is 0 Å². The lowest BCUT2D eigenvalue weighted by molar-refractivity contribution is -0.138. The number of hydrogen-bond acceptors (Lipinski definition) is 3. The molecule has 1 atom stereocenters. The van der Waals surface area contributed by atoms with E-state index in [9.17, 15) is 14.4 Å². The molecule has 0 bridgehead atoms. The summed E-state index contributed by atoms with van der Waals surface area (Å²) < 4.78 is 0. The number of nitrogens with one attached hydrogen (secondary N) is 1. The molecule has 0 aromatic rings. The van der Waals surface area contributed by atoms with Gasteiger partial charge in [0.05, 0.1) is 5.92 Å². The number of carbonyl (C=O) groups is 3. The highest BCUT2D eigenvalue weighted by atomic mass is 16.2. The van der Waals surface area contributed by atoms with Gasteiger partial charge in [-0.1, -0.05) is 25.7 Å². The monoisotopic (exact) mass is 363 g/mol. The van der Waals surface area contributed by atoms with Crippen LogP contribution < -0.4 is 5.32 Å². The highest BCUT2D eigenvalue weighted by Crippen LogP contribution is 2.21. The maximum atomic E-state index is 12.7. The predicted molar refractivity (Wildman–Crippen MR) is 99.4 cm³/mol. The molecule has 0 radical (unpaired) electrons. The van der Waals surface area contributed by atoms with E-state index >= 15 is 0 Å². The van der Waals surface area contributed by atoms with Crippen LogP contribution in [0.1, 0.15) is 70.6 Å². The fourth-order valence-corrected chi connectivity index (χ4v) is 4.48. The van der Waals surface area contributed by atoms with E-state index in [0.29, 0.717) is 38.4 Å². The molecule has 1 aliphatic carbocycles. The minimum atomic E-state index is -0.0793. The van der Waals surface area contributed by atoms with Crippen LogP contribution in [0.5, 0.6) is 0 Å². The Morgan fingerprint density at radius 2 is 1.58 bits per heavy atom. The average molecular weight is 364 g/mol. The Bertz CT molecular complexity index is 514. The van der Waals surface area contributed by atoms with E-state index in [1.807, 2.05) is 9.80 Å². The van der Waals surface area contributed by atoms with Crippen molar-refractivity contribution in [3.63, 3.8) is 0 Å². The fourth-order valence-electron chi connectivity index (χ4n) is 4.48. The Kier molecular flexibility index (Phi) is 6.92. The summed E-state index contributed by atoms with van der Waals surface area (Å²) in [7, 11) is 0. The number of hydrogen-bond donors (Lipinski definition) is 1. The molecule has 0 aromatic carbocycles. The first-order valence-electron chi connectivity index (χ1n) is 10.5. The van der Waals surface area contributed by atoms with Crippen LogP contribution in [0.2, 0.25) is 0 Å². The van der Waals surface area contributed by atoms with Crippen molar-refractivity contribution in [2.24, 2.45) is 5.92 Å². The fraction of sp³-hybridized carbons (Fsp3) is 0.850. The molecule has 3 rings (SSSR count). The van der Waals surface area contributed by atoms with E-state index in [1.165, 1.54) is 25.7 Å². The number of carbonyl (C=O) groups excluding carboxylic acids is 3. The first kappa shape index (κ1) is 19.2. The Morgan fingerprint density at radius 3 is 2.27 bits per heavy atom. The molecule has 3 amide bonds. The third kappa shape index (κ3) is 5.21. The SMILES string of the molecule is O=C(NC1CCCCCC1)C1CCC(=O)N(CCCN2CCCC2=O)C1. The molecule has 3 fully saturated rings. The lowest BCUT2D eigenvalue weighted by atomic mass is 9.95. The summed E-state index contributed by atoms with van der Waals surface area (Å²) in [6.45, 7) is 2.75. The van der Waals surface area contributed by atoms with Gasteiger partial charge in [0.15, 0.2) is 0 Å². The molecular weight excluding hydrogens is 330 g/mol. The number of nitrogens with zero attached hydrogens (tertiary/aromatic N) is 2. The van der Waals surface area contributed by atoms with Gasteiger partial charge in [0, 0.05) is 45.1 Å². The Balaban J connectivity index is 1.43. The smallest absolute Gasteiger partial charge is 0.225 e. The number of likely N-dealkylation sites (tertiary alicyclic amines) is 2. The lowest BCUT2D eigenvalue weighted by Crippen LogP contribution is -2.48. The molecule has 1 saturated carbocycles. The largest absolute Gasteiger partial charge is 0.353 e. The van der Waals surface area contributed by atoms with E-state index in [2.05, 4.69) is 5.32 Å². The minimum Gasteiger partial charge on any atom is -0.353 e. The summed E-state index contributed by atoms with van der Waals surface area (Å²) in [4.78, 5) is 40.3. The maximum absolute atomic E-state index is 12.7. The van der Waals surface area contributed by atoms with Crippen LogP contribution in [0.3, 0.4) is 0 Å². The van der Waals surface area contributed by atoms with Crippen LogP contribution in [0.4, 0.5) is 0 Å². The van der Waals surface area contributed by atoms with Crippen LogP contribution in [-0.4, -0.2) is 59.7 Å². The number of piperidine rings is 1. The molecule has 0 aromatic heterocycles. The summed E-state index contributed by atoms with van der Waals surface area (Å²) in [5.41, 5.74) is 0. The summed E-state index contributed by atoms with van der Waals surface area (Å²) in [5, 5.41) is 3.24. The zero-order valence-corrected chi connectivity index (χ0v) is 15.9. The van der Waals surface area contributed by atoms with Crippen molar-refractivity contribution in [3.8, 4) is 0 Å². The molecular formula is C20H33N3O3. The zero-order chi connectivity index (χ0) is 18.4. The van der Waals surface area contributed by atoms with Crippen molar-refractivity contribution >= 4 is 17.7 Å². The quantitative estimate of drug-likeness (QED) is 0.735. The van der Waals surface area contributed by atoms with E-state index < -0.39 is 0 Å². The van der Waals surface area contributed by atoms with Gasteiger partial charge in [0.1, 0.15) is 0 Å². The second-order valence-corrected chi connectivity index (χ2v) is 8.11. The van der Waals surface area contributed by atoms with Gasteiger partial charge in [-0.15, -0.1) is 0 Å². The lowest BCUT2D eigenvalue weighted by Gasteiger charge is -2.33. The first-order valence-corrected chi connectivity index (χ1v) is 10.5. The second kappa shape index (κ2) is 9.38. The molecule has 2 aliphatic heterocycles. The first-order chi connectivity index (χ1) is 12.6. The summed E-state index contributed by atoms with van der Waals surface area (Å²) >= 11 is 0. The average Bonchev–Trinajstić information content (AvgIpc) is 2.87. The van der Waals surface area contributed by atoms with Crippen LogP contribution in [-0.2, 0) is 14.4 Å². The normalized spacial score (nSPS) is 25.5. The van der Waals surface area contributed by atoms with Gasteiger partial charge in [-0.2, -0.15) is 0 Å². The second-order valence-electron chi connectivity index (χ2n) is 8.11. The van der Waals surface area contributed by atoms with Crippen LogP contribution >= 0.6 is 0 Å².